The number of hydrogen-bond donors (Lipinski definition) is 1. The average molecular weight is 277 g/mol. The lowest BCUT2D eigenvalue weighted by Gasteiger charge is -2.33. The molecule has 0 radical (unpaired) electrons. The summed E-state index contributed by atoms with van der Waals surface area (Å²) in [6.07, 6.45) is 5.47. The lowest BCUT2D eigenvalue weighted by Crippen LogP contribution is -2.40. The van der Waals surface area contributed by atoms with Crippen molar-refractivity contribution in [2.24, 2.45) is 17.1 Å². The Labute approximate surface area is 120 Å². The molecule has 1 saturated heterocycles. The molecule has 2 N–H and O–H groups in total. The second-order valence-corrected chi connectivity index (χ2v) is 7.03. The van der Waals surface area contributed by atoms with Crippen LogP contribution in [-0.4, -0.2) is 25.0 Å². The Kier molecular flexibility index (Phi) is 4.15. The summed E-state index contributed by atoms with van der Waals surface area (Å²) >= 11 is 1.94. The largest absolute Gasteiger partial charge is 0.377 e. The smallest absolute Gasteiger partial charge is 0.0672 e. The van der Waals surface area contributed by atoms with Crippen molar-refractivity contribution in [1.82, 2.24) is 0 Å². The summed E-state index contributed by atoms with van der Waals surface area (Å²) in [6, 6.07) is 10.6. The molecule has 1 heterocycles. The van der Waals surface area contributed by atoms with Gasteiger partial charge in [0.1, 0.15) is 0 Å². The Morgan fingerprint density at radius 1 is 1.26 bits per heavy atom. The third kappa shape index (κ3) is 2.99. The van der Waals surface area contributed by atoms with Crippen LogP contribution >= 0.6 is 11.8 Å². The van der Waals surface area contributed by atoms with E-state index in [0.717, 1.165) is 31.2 Å². The van der Waals surface area contributed by atoms with Crippen molar-refractivity contribution in [3.63, 3.8) is 0 Å². The summed E-state index contributed by atoms with van der Waals surface area (Å²) in [5.74, 6) is 1.95. The molecule has 19 heavy (non-hydrogen) atoms. The van der Waals surface area contributed by atoms with Gasteiger partial charge in [0.05, 0.1) is 6.10 Å². The van der Waals surface area contributed by atoms with Gasteiger partial charge in [0.2, 0.25) is 0 Å². The van der Waals surface area contributed by atoms with Crippen molar-refractivity contribution < 1.29 is 4.74 Å². The zero-order valence-electron chi connectivity index (χ0n) is 11.4. The average Bonchev–Trinajstić information content (AvgIpc) is 3.21. The number of thioether (sulfide) groups is 1. The first-order valence-corrected chi connectivity index (χ1v) is 8.32. The third-order valence-corrected chi connectivity index (χ3v) is 5.58. The Bertz CT molecular complexity index is 406. The third-order valence-electron chi connectivity index (χ3n) is 4.57. The maximum Gasteiger partial charge on any atom is 0.0672 e. The molecule has 0 spiro atoms. The Hall–Kier alpha value is -0.510. The maximum absolute atomic E-state index is 6.11. The highest BCUT2D eigenvalue weighted by Gasteiger charge is 2.49. The minimum absolute atomic E-state index is 0.253. The molecule has 0 aromatic heterocycles. The van der Waals surface area contributed by atoms with Gasteiger partial charge in [-0.05, 0) is 49.5 Å². The molecule has 2 aliphatic rings. The summed E-state index contributed by atoms with van der Waals surface area (Å²) in [4.78, 5) is 1.36. The molecule has 1 aliphatic heterocycles. The molecule has 1 aliphatic carbocycles. The van der Waals surface area contributed by atoms with Crippen LogP contribution in [0.15, 0.2) is 35.2 Å². The van der Waals surface area contributed by atoms with E-state index in [4.69, 9.17) is 10.5 Å². The summed E-state index contributed by atoms with van der Waals surface area (Å²) in [6.45, 7) is 1.69. The Balaban J connectivity index is 1.57. The second-order valence-electron chi connectivity index (χ2n) is 5.86. The fourth-order valence-electron chi connectivity index (χ4n) is 3.22. The highest BCUT2D eigenvalue weighted by Crippen LogP contribution is 2.49. The summed E-state index contributed by atoms with van der Waals surface area (Å²) in [5.41, 5.74) is 6.37. The van der Waals surface area contributed by atoms with Crippen LogP contribution in [0.4, 0.5) is 0 Å². The van der Waals surface area contributed by atoms with Gasteiger partial charge in [-0.2, -0.15) is 0 Å². The van der Waals surface area contributed by atoms with E-state index in [1.54, 1.807) is 0 Å². The van der Waals surface area contributed by atoms with E-state index in [9.17, 15) is 0 Å². The fourth-order valence-corrected chi connectivity index (χ4v) is 4.31. The van der Waals surface area contributed by atoms with Gasteiger partial charge in [-0.3, -0.25) is 0 Å². The number of nitrogens with two attached hydrogens (primary N) is 1. The highest BCUT2D eigenvalue weighted by molar-refractivity contribution is 7.99. The fraction of sp³-hybridized carbons (Fsp3) is 0.625. The van der Waals surface area contributed by atoms with Gasteiger partial charge in [0.15, 0.2) is 0 Å². The van der Waals surface area contributed by atoms with Gasteiger partial charge in [-0.25, -0.2) is 0 Å². The molecule has 104 valence electrons. The van der Waals surface area contributed by atoms with E-state index in [1.165, 1.54) is 24.2 Å². The van der Waals surface area contributed by atoms with E-state index in [1.807, 2.05) is 11.8 Å². The summed E-state index contributed by atoms with van der Waals surface area (Å²) in [7, 11) is 0. The minimum Gasteiger partial charge on any atom is -0.377 e. The van der Waals surface area contributed by atoms with Crippen molar-refractivity contribution in [3.8, 4) is 0 Å². The van der Waals surface area contributed by atoms with Gasteiger partial charge < -0.3 is 10.5 Å². The number of hydrogen-bond acceptors (Lipinski definition) is 3. The SMILES string of the molecule is NCC1(CCSc2ccccc2)CCOC1C1CC1. The zero-order valence-corrected chi connectivity index (χ0v) is 12.2. The standard InChI is InChI=1S/C16H23NOS/c17-12-16(8-10-18-15(16)13-6-7-13)9-11-19-14-4-2-1-3-5-14/h1-5,13,15H,6-12,17H2. The van der Waals surface area contributed by atoms with Gasteiger partial charge >= 0.3 is 0 Å². The van der Waals surface area contributed by atoms with Crippen molar-refractivity contribution in [3.05, 3.63) is 30.3 Å². The Morgan fingerprint density at radius 2 is 2.05 bits per heavy atom. The topological polar surface area (TPSA) is 35.2 Å². The van der Waals surface area contributed by atoms with Gasteiger partial charge in [-0.15, -0.1) is 11.8 Å². The quantitative estimate of drug-likeness (QED) is 0.810. The summed E-state index contributed by atoms with van der Waals surface area (Å²) in [5, 5.41) is 0. The number of rotatable bonds is 6. The molecule has 1 aromatic rings. The van der Waals surface area contributed by atoms with E-state index in [2.05, 4.69) is 30.3 Å². The molecule has 3 heteroatoms. The predicted octanol–water partition coefficient (Wildman–Crippen LogP) is 3.31. The lowest BCUT2D eigenvalue weighted by atomic mass is 9.76. The molecule has 2 fully saturated rings. The Morgan fingerprint density at radius 3 is 2.74 bits per heavy atom. The van der Waals surface area contributed by atoms with Crippen LogP contribution < -0.4 is 5.73 Å². The minimum atomic E-state index is 0.253. The van der Waals surface area contributed by atoms with Crippen LogP contribution in [0, 0.1) is 11.3 Å². The zero-order chi connectivity index (χ0) is 13.1. The van der Waals surface area contributed by atoms with Crippen molar-refractivity contribution in [2.75, 3.05) is 18.9 Å². The van der Waals surface area contributed by atoms with E-state index in [-0.39, 0.29) is 5.41 Å². The van der Waals surface area contributed by atoms with Crippen LogP contribution in [-0.2, 0) is 4.74 Å². The molecule has 1 aromatic carbocycles. The molecule has 0 bridgehead atoms. The molecule has 3 rings (SSSR count). The molecule has 2 atom stereocenters. The normalized spacial score (nSPS) is 30.7. The van der Waals surface area contributed by atoms with E-state index >= 15 is 0 Å². The van der Waals surface area contributed by atoms with Crippen LogP contribution in [0.3, 0.4) is 0 Å². The van der Waals surface area contributed by atoms with Gasteiger partial charge in [0.25, 0.3) is 0 Å². The predicted molar refractivity (Wildman–Crippen MR) is 80.4 cm³/mol. The van der Waals surface area contributed by atoms with Crippen LogP contribution in [0.1, 0.15) is 25.7 Å². The van der Waals surface area contributed by atoms with Crippen molar-refractivity contribution in [2.45, 2.75) is 36.7 Å². The van der Waals surface area contributed by atoms with E-state index < -0.39 is 0 Å². The first kappa shape index (κ1) is 13.5. The summed E-state index contributed by atoms with van der Waals surface area (Å²) < 4.78 is 6.00. The maximum atomic E-state index is 6.11. The number of benzene rings is 1. The van der Waals surface area contributed by atoms with Crippen molar-refractivity contribution >= 4 is 11.8 Å². The van der Waals surface area contributed by atoms with Crippen LogP contribution in [0.5, 0.6) is 0 Å². The molecule has 0 amide bonds. The highest BCUT2D eigenvalue weighted by atomic mass is 32.2. The van der Waals surface area contributed by atoms with Crippen LogP contribution in [0.2, 0.25) is 0 Å². The monoisotopic (exact) mass is 277 g/mol. The molecular weight excluding hydrogens is 254 g/mol. The first-order valence-electron chi connectivity index (χ1n) is 7.34. The van der Waals surface area contributed by atoms with Gasteiger partial charge in [0, 0.05) is 23.5 Å². The lowest BCUT2D eigenvalue weighted by molar-refractivity contribution is 0.0332. The molecule has 2 unspecified atom stereocenters. The second kappa shape index (κ2) is 5.86. The van der Waals surface area contributed by atoms with Gasteiger partial charge in [-0.1, -0.05) is 18.2 Å². The van der Waals surface area contributed by atoms with Crippen LogP contribution in [0.25, 0.3) is 0 Å². The molecule has 2 nitrogen and oxygen atoms in total. The first-order chi connectivity index (χ1) is 9.34. The van der Waals surface area contributed by atoms with E-state index in [0.29, 0.717) is 6.10 Å². The van der Waals surface area contributed by atoms with Crippen molar-refractivity contribution in [1.29, 1.82) is 0 Å². The molecular formula is C16H23NOS. The molecule has 1 saturated carbocycles. The number of ether oxygens (including phenoxy) is 1.